The minimum Gasteiger partial charge on any atom is -0.366 e. The Morgan fingerprint density at radius 1 is 1.29 bits per heavy atom. The predicted octanol–water partition coefficient (Wildman–Crippen LogP) is 2.88. The smallest absolute Gasteiger partial charge is 0.248 e. The predicted molar refractivity (Wildman–Crippen MR) is 104 cm³/mol. The van der Waals surface area contributed by atoms with Gasteiger partial charge in [-0.1, -0.05) is 30.0 Å². The van der Waals surface area contributed by atoms with Crippen LogP contribution in [0.15, 0.2) is 65.2 Å². The number of halogens is 1. The van der Waals surface area contributed by atoms with Gasteiger partial charge in [0.05, 0.1) is 5.57 Å². The largest absolute Gasteiger partial charge is 0.366 e. The molecule has 0 aliphatic carbocycles. The summed E-state index contributed by atoms with van der Waals surface area (Å²) in [6.45, 7) is 1.78. The first-order valence-corrected chi connectivity index (χ1v) is 9.53. The molecule has 0 saturated heterocycles. The van der Waals surface area contributed by atoms with E-state index in [0.29, 0.717) is 33.7 Å². The molecule has 1 aromatic carbocycles. The lowest BCUT2D eigenvalue weighted by molar-refractivity contribution is -0.115. The van der Waals surface area contributed by atoms with Gasteiger partial charge in [0.2, 0.25) is 17.0 Å². The molecule has 3 aromatic rings. The van der Waals surface area contributed by atoms with Gasteiger partial charge < -0.3 is 11.1 Å². The summed E-state index contributed by atoms with van der Waals surface area (Å²) in [6.07, 6.45) is 3.30. The van der Waals surface area contributed by atoms with Crippen LogP contribution in [-0.2, 0) is 10.5 Å². The molecule has 0 saturated carbocycles. The van der Waals surface area contributed by atoms with Crippen molar-refractivity contribution in [2.24, 2.45) is 5.73 Å². The van der Waals surface area contributed by atoms with Gasteiger partial charge in [-0.05, 0) is 36.2 Å². The number of amides is 1. The molecule has 0 radical (unpaired) electrons. The number of nitrogens with one attached hydrogen (secondary N) is 1. The fraction of sp³-hybridized carbons (Fsp3) is 0.158. The van der Waals surface area contributed by atoms with E-state index in [2.05, 4.69) is 20.4 Å². The molecule has 0 bridgehead atoms. The highest BCUT2D eigenvalue weighted by Gasteiger charge is 2.33. The van der Waals surface area contributed by atoms with Crippen molar-refractivity contribution in [2.75, 3.05) is 5.32 Å². The summed E-state index contributed by atoms with van der Waals surface area (Å²) in [7, 11) is 0. The number of pyridine rings is 1. The number of nitrogens with zero attached hydrogens (tertiary/aromatic N) is 4. The van der Waals surface area contributed by atoms with E-state index in [1.165, 1.54) is 17.8 Å². The SMILES string of the molecule is CC1=C(C(N)=O)[C@@H](c2ccncc2)n2nc(SCc3ccccc3F)nc2N1. The Bertz CT molecular complexity index is 1070. The van der Waals surface area contributed by atoms with Crippen molar-refractivity contribution < 1.29 is 9.18 Å². The maximum absolute atomic E-state index is 13.9. The van der Waals surface area contributed by atoms with E-state index in [0.717, 1.165) is 5.56 Å². The van der Waals surface area contributed by atoms with E-state index >= 15 is 0 Å². The average Bonchev–Trinajstić information content (AvgIpc) is 3.09. The number of aromatic nitrogens is 4. The van der Waals surface area contributed by atoms with Crippen LogP contribution in [0, 0.1) is 5.82 Å². The second kappa shape index (κ2) is 7.43. The number of carbonyl (C=O) groups is 1. The number of benzene rings is 1. The number of hydrogen-bond acceptors (Lipinski definition) is 6. The maximum atomic E-state index is 13.9. The van der Waals surface area contributed by atoms with E-state index in [1.54, 1.807) is 42.2 Å². The quantitative estimate of drug-likeness (QED) is 0.644. The molecule has 3 heterocycles. The number of primary amides is 1. The number of fused-ring (bicyclic) bond motifs is 1. The van der Waals surface area contributed by atoms with E-state index in [-0.39, 0.29) is 5.82 Å². The van der Waals surface area contributed by atoms with Gasteiger partial charge >= 0.3 is 0 Å². The van der Waals surface area contributed by atoms with E-state index < -0.39 is 11.9 Å². The zero-order chi connectivity index (χ0) is 19.7. The highest BCUT2D eigenvalue weighted by atomic mass is 32.2. The van der Waals surface area contributed by atoms with Crippen LogP contribution >= 0.6 is 11.8 Å². The summed E-state index contributed by atoms with van der Waals surface area (Å²) in [6, 6.07) is 9.71. The van der Waals surface area contributed by atoms with Gasteiger partial charge in [0.15, 0.2) is 0 Å². The fourth-order valence-corrected chi connectivity index (χ4v) is 3.94. The molecule has 1 amide bonds. The molecule has 142 valence electrons. The average molecular weight is 396 g/mol. The van der Waals surface area contributed by atoms with E-state index in [4.69, 9.17) is 5.73 Å². The van der Waals surface area contributed by atoms with Crippen molar-refractivity contribution >= 4 is 23.6 Å². The topological polar surface area (TPSA) is 98.7 Å². The number of nitrogens with two attached hydrogens (primary N) is 1. The Hall–Kier alpha value is -3.20. The van der Waals surface area contributed by atoms with Crippen molar-refractivity contribution in [3.05, 3.63) is 77.0 Å². The monoisotopic (exact) mass is 396 g/mol. The second-order valence-corrected chi connectivity index (χ2v) is 7.20. The molecule has 0 spiro atoms. The van der Waals surface area contributed by atoms with Gasteiger partial charge in [-0.2, -0.15) is 4.98 Å². The summed E-state index contributed by atoms with van der Waals surface area (Å²) < 4.78 is 15.5. The summed E-state index contributed by atoms with van der Waals surface area (Å²) in [4.78, 5) is 20.6. The molecule has 4 rings (SSSR count). The number of hydrogen-bond donors (Lipinski definition) is 2. The van der Waals surface area contributed by atoms with Gasteiger partial charge in [0, 0.05) is 23.8 Å². The van der Waals surface area contributed by atoms with Crippen LogP contribution in [0.3, 0.4) is 0 Å². The minimum atomic E-state index is -0.534. The summed E-state index contributed by atoms with van der Waals surface area (Å²) in [5, 5.41) is 8.10. The molecule has 1 aliphatic heterocycles. The molecule has 7 nitrogen and oxygen atoms in total. The number of allylic oxidation sites excluding steroid dienone is 1. The molecule has 9 heteroatoms. The maximum Gasteiger partial charge on any atom is 0.248 e. The zero-order valence-electron chi connectivity index (χ0n) is 15.0. The first-order chi connectivity index (χ1) is 13.5. The molecule has 0 unspecified atom stereocenters. The van der Waals surface area contributed by atoms with Crippen LogP contribution in [0.25, 0.3) is 0 Å². The van der Waals surface area contributed by atoms with Crippen molar-refractivity contribution in [1.82, 2.24) is 19.7 Å². The number of rotatable bonds is 5. The van der Waals surface area contributed by atoms with Gasteiger partial charge in [-0.25, -0.2) is 9.07 Å². The minimum absolute atomic E-state index is 0.264. The first kappa shape index (κ1) is 18.2. The Morgan fingerprint density at radius 2 is 2.04 bits per heavy atom. The Kier molecular flexibility index (Phi) is 4.82. The van der Waals surface area contributed by atoms with Crippen molar-refractivity contribution in [3.63, 3.8) is 0 Å². The molecule has 0 fully saturated rings. The summed E-state index contributed by atoms with van der Waals surface area (Å²) >= 11 is 1.32. The van der Waals surface area contributed by atoms with Gasteiger partial charge in [-0.3, -0.25) is 9.78 Å². The van der Waals surface area contributed by atoms with Crippen molar-refractivity contribution in [2.45, 2.75) is 23.9 Å². The van der Waals surface area contributed by atoms with Gasteiger partial charge in [-0.15, -0.1) is 5.10 Å². The lowest BCUT2D eigenvalue weighted by atomic mass is 9.96. The molecule has 1 atom stereocenters. The molecule has 3 N–H and O–H groups in total. The third kappa shape index (κ3) is 3.36. The Morgan fingerprint density at radius 3 is 2.75 bits per heavy atom. The molecular formula is C19H17FN6OS. The van der Waals surface area contributed by atoms with Gasteiger partial charge in [0.25, 0.3) is 0 Å². The van der Waals surface area contributed by atoms with Crippen molar-refractivity contribution in [3.8, 4) is 0 Å². The zero-order valence-corrected chi connectivity index (χ0v) is 15.8. The van der Waals surface area contributed by atoms with Crippen LogP contribution < -0.4 is 11.1 Å². The fourth-order valence-electron chi connectivity index (χ4n) is 3.12. The standard InChI is InChI=1S/C19H17FN6OS/c1-11-15(17(21)27)16(12-6-8-22-9-7-12)26-18(23-11)24-19(25-26)28-10-13-4-2-3-5-14(13)20/h2-9,16H,10H2,1H3,(H2,21,27)(H,23,24,25)/t16-/m1/s1. The number of thioether (sulfide) groups is 1. The Balaban J connectivity index is 1.68. The normalized spacial score (nSPS) is 15.9. The molecule has 28 heavy (non-hydrogen) atoms. The third-order valence-corrected chi connectivity index (χ3v) is 5.32. The summed E-state index contributed by atoms with van der Waals surface area (Å²) in [5.74, 6) is 0.0969. The van der Waals surface area contributed by atoms with Crippen molar-refractivity contribution in [1.29, 1.82) is 0 Å². The lowest BCUT2D eigenvalue weighted by Gasteiger charge is -2.27. The Labute approximate surface area is 164 Å². The molecule has 1 aliphatic rings. The first-order valence-electron chi connectivity index (χ1n) is 8.55. The molecule has 2 aromatic heterocycles. The van der Waals surface area contributed by atoms with Crippen LogP contribution in [0.5, 0.6) is 0 Å². The van der Waals surface area contributed by atoms with Crippen LogP contribution in [0.1, 0.15) is 24.1 Å². The van der Waals surface area contributed by atoms with Crippen LogP contribution in [0.4, 0.5) is 10.3 Å². The number of anilines is 1. The van der Waals surface area contributed by atoms with Crippen LogP contribution in [0.2, 0.25) is 0 Å². The van der Waals surface area contributed by atoms with Crippen LogP contribution in [-0.4, -0.2) is 25.7 Å². The van der Waals surface area contributed by atoms with Gasteiger partial charge in [0.1, 0.15) is 11.9 Å². The highest BCUT2D eigenvalue weighted by Crippen LogP contribution is 2.36. The summed E-state index contributed by atoms with van der Waals surface area (Å²) in [5.41, 5.74) is 8.07. The lowest BCUT2D eigenvalue weighted by Crippen LogP contribution is -2.31. The highest BCUT2D eigenvalue weighted by molar-refractivity contribution is 7.98. The van der Waals surface area contributed by atoms with E-state index in [9.17, 15) is 9.18 Å². The number of carbonyl (C=O) groups excluding carboxylic acids is 1. The molecular weight excluding hydrogens is 379 g/mol. The van der Waals surface area contributed by atoms with E-state index in [1.807, 2.05) is 12.1 Å². The third-order valence-electron chi connectivity index (χ3n) is 4.44. The second-order valence-electron chi connectivity index (χ2n) is 6.25.